The van der Waals surface area contributed by atoms with E-state index in [2.05, 4.69) is 0 Å². The van der Waals surface area contributed by atoms with Crippen LogP contribution < -0.4 is 11.1 Å². The van der Waals surface area contributed by atoms with E-state index in [1.54, 1.807) is 0 Å². The van der Waals surface area contributed by atoms with Gasteiger partial charge in [0.1, 0.15) is 5.82 Å². The number of rotatable bonds is 3. The predicted molar refractivity (Wildman–Crippen MR) is 49.1 cm³/mol. The van der Waals surface area contributed by atoms with E-state index in [4.69, 9.17) is 5.73 Å². The van der Waals surface area contributed by atoms with Gasteiger partial charge in [-0.2, -0.15) is 0 Å². The summed E-state index contributed by atoms with van der Waals surface area (Å²) in [5.74, 6) is -1.70. The summed E-state index contributed by atoms with van der Waals surface area (Å²) in [5, 5.41) is 1.88. The fourth-order valence-electron chi connectivity index (χ4n) is 0.982. The summed E-state index contributed by atoms with van der Waals surface area (Å²) in [6.45, 7) is -0.812. The number of alkyl halides is 2. The molecular formula is C9H9F3N2O. The summed E-state index contributed by atoms with van der Waals surface area (Å²) in [6, 6.07) is 3.38. The first-order valence-corrected chi connectivity index (χ1v) is 4.12. The van der Waals surface area contributed by atoms with Crippen LogP contribution in [0.25, 0.3) is 0 Å². The average molecular weight is 218 g/mol. The molecule has 0 aliphatic rings. The van der Waals surface area contributed by atoms with Gasteiger partial charge in [0.05, 0.1) is 12.1 Å². The van der Waals surface area contributed by atoms with Crippen LogP contribution in [-0.4, -0.2) is 18.9 Å². The number of carbonyl (C=O) groups is 1. The molecule has 0 aliphatic carbocycles. The monoisotopic (exact) mass is 218 g/mol. The Labute approximate surface area is 84.1 Å². The third-order valence-electron chi connectivity index (χ3n) is 1.65. The molecule has 0 bridgehead atoms. The lowest BCUT2D eigenvalue weighted by molar-refractivity contribution is 0.0888. The Morgan fingerprint density at radius 2 is 2.13 bits per heavy atom. The van der Waals surface area contributed by atoms with Gasteiger partial charge in [0.2, 0.25) is 0 Å². The van der Waals surface area contributed by atoms with E-state index in [0.29, 0.717) is 0 Å². The van der Waals surface area contributed by atoms with Crippen molar-refractivity contribution in [1.29, 1.82) is 0 Å². The molecule has 3 nitrogen and oxygen atoms in total. The zero-order valence-electron chi connectivity index (χ0n) is 7.64. The highest BCUT2D eigenvalue weighted by Gasteiger charge is 2.13. The largest absolute Gasteiger partial charge is 0.399 e. The number of benzene rings is 1. The molecule has 1 amide bonds. The molecule has 15 heavy (non-hydrogen) atoms. The van der Waals surface area contributed by atoms with Crippen molar-refractivity contribution in [3.8, 4) is 0 Å². The van der Waals surface area contributed by atoms with E-state index in [1.165, 1.54) is 6.07 Å². The smallest absolute Gasteiger partial charge is 0.255 e. The Bertz CT molecular complexity index is 368. The van der Waals surface area contributed by atoms with E-state index < -0.39 is 24.7 Å². The van der Waals surface area contributed by atoms with E-state index in [0.717, 1.165) is 12.1 Å². The second-order valence-corrected chi connectivity index (χ2v) is 2.84. The summed E-state index contributed by atoms with van der Waals surface area (Å²) < 4.78 is 36.6. The SMILES string of the molecule is Nc1ccc(F)c(C(=O)NCC(F)F)c1. The number of nitrogens with two attached hydrogens (primary N) is 1. The number of hydrogen-bond acceptors (Lipinski definition) is 2. The minimum absolute atomic E-state index is 0.193. The van der Waals surface area contributed by atoms with Crippen LogP contribution in [-0.2, 0) is 0 Å². The first kappa shape index (κ1) is 11.4. The van der Waals surface area contributed by atoms with E-state index in [-0.39, 0.29) is 11.3 Å². The van der Waals surface area contributed by atoms with Crippen LogP contribution >= 0.6 is 0 Å². The maximum Gasteiger partial charge on any atom is 0.255 e. The second kappa shape index (κ2) is 4.68. The van der Waals surface area contributed by atoms with Crippen molar-refractivity contribution in [2.45, 2.75) is 6.43 Å². The molecule has 1 rings (SSSR count). The molecular weight excluding hydrogens is 209 g/mol. The molecule has 0 saturated heterocycles. The zero-order chi connectivity index (χ0) is 11.4. The van der Waals surface area contributed by atoms with Gasteiger partial charge in [-0.05, 0) is 18.2 Å². The number of hydrogen-bond donors (Lipinski definition) is 2. The fraction of sp³-hybridized carbons (Fsp3) is 0.222. The molecule has 0 aliphatic heterocycles. The normalized spacial score (nSPS) is 10.4. The fourth-order valence-corrected chi connectivity index (χ4v) is 0.982. The van der Waals surface area contributed by atoms with Crippen LogP contribution in [0.2, 0.25) is 0 Å². The van der Waals surface area contributed by atoms with Crippen molar-refractivity contribution in [2.75, 3.05) is 12.3 Å². The van der Waals surface area contributed by atoms with Gasteiger partial charge in [-0.25, -0.2) is 13.2 Å². The van der Waals surface area contributed by atoms with Crippen molar-refractivity contribution in [3.05, 3.63) is 29.6 Å². The van der Waals surface area contributed by atoms with Crippen LogP contribution in [0.3, 0.4) is 0 Å². The average Bonchev–Trinajstić information content (AvgIpc) is 2.18. The molecule has 3 N–H and O–H groups in total. The quantitative estimate of drug-likeness (QED) is 0.753. The number of halogens is 3. The summed E-state index contributed by atoms with van der Waals surface area (Å²) >= 11 is 0. The first-order chi connectivity index (χ1) is 7.00. The molecule has 0 spiro atoms. The van der Waals surface area contributed by atoms with Crippen LogP contribution in [0.1, 0.15) is 10.4 Å². The lowest BCUT2D eigenvalue weighted by Crippen LogP contribution is -2.29. The number of nitrogens with one attached hydrogen (secondary N) is 1. The Kier molecular flexibility index (Phi) is 3.54. The van der Waals surface area contributed by atoms with Gasteiger partial charge < -0.3 is 11.1 Å². The zero-order valence-corrected chi connectivity index (χ0v) is 7.64. The molecule has 1 aromatic carbocycles. The third-order valence-corrected chi connectivity index (χ3v) is 1.65. The Balaban J connectivity index is 2.77. The lowest BCUT2D eigenvalue weighted by atomic mass is 10.2. The highest BCUT2D eigenvalue weighted by atomic mass is 19.3. The van der Waals surface area contributed by atoms with Gasteiger partial charge in [0, 0.05) is 5.69 Å². The number of nitrogen functional groups attached to an aromatic ring is 1. The van der Waals surface area contributed by atoms with Gasteiger partial charge >= 0.3 is 0 Å². The molecule has 1 aromatic rings. The number of carbonyl (C=O) groups excluding carboxylic acids is 1. The Hall–Kier alpha value is -1.72. The number of anilines is 1. The summed E-state index contributed by atoms with van der Waals surface area (Å²) in [4.78, 5) is 11.2. The van der Waals surface area contributed by atoms with Gasteiger partial charge in [0.15, 0.2) is 0 Å². The second-order valence-electron chi connectivity index (χ2n) is 2.84. The topological polar surface area (TPSA) is 55.1 Å². The van der Waals surface area contributed by atoms with Gasteiger partial charge in [-0.15, -0.1) is 0 Å². The van der Waals surface area contributed by atoms with Gasteiger partial charge in [-0.3, -0.25) is 4.79 Å². The number of amides is 1. The molecule has 0 fully saturated rings. The van der Waals surface area contributed by atoms with Crippen LogP contribution in [0.15, 0.2) is 18.2 Å². The highest BCUT2D eigenvalue weighted by molar-refractivity contribution is 5.95. The van der Waals surface area contributed by atoms with Crippen LogP contribution in [0.4, 0.5) is 18.9 Å². The molecule has 82 valence electrons. The molecule has 0 unspecified atom stereocenters. The molecule has 0 radical (unpaired) electrons. The standard InChI is InChI=1S/C9H9F3N2O/c10-7-2-1-5(13)3-6(7)9(15)14-4-8(11)12/h1-3,8H,4,13H2,(H,14,15). The van der Waals surface area contributed by atoms with Crippen molar-refractivity contribution in [2.24, 2.45) is 0 Å². The first-order valence-electron chi connectivity index (χ1n) is 4.12. The molecule has 0 heterocycles. The van der Waals surface area contributed by atoms with E-state index >= 15 is 0 Å². The molecule has 0 aromatic heterocycles. The lowest BCUT2D eigenvalue weighted by Gasteiger charge is -2.05. The predicted octanol–water partition coefficient (Wildman–Crippen LogP) is 1.40. The maximum atomic E-state index is 13.0. The molecule has 0 atom stereocenters. The van der Waals surface area contributed by atoms with Crippen molar-refractivity contribution < 1.29 is 18.0 Å². The van der Waals surface area contributed by atoms with E-state index in [9.17, 15) is 18.0 Å². The van der Waals surface area contributed by atoms with Gasteiger partial charge in [0.25, 0.3) is 12.3 Å². The minimum atomic E-state index is -2.67. The summed E-state index contributed by atoms with van der Waals surface area (Å²) in [6.07, 6.45) is -2.67. The molecule has 0 saturated carbocycles. The Morgan fingerprint density at radius 1 is 1.47 bits per heavy atom. The van der Waals surface area contributed by atoms with Crippen molar-refractivity contribution in [3.63, 3.8) is 0 Å². The third kappa shape index (κ3) is 3.16. The molecule has 6 heteroatoms. The van der Waals surface area contributed by atoms with Crippen molar-refractivity contribution >= 4 is 11.6 Å². The minimum Gasteiger partial charge on any atom is -0.399 e. The van der Waals surface area contributed by atoms with E-state index in [1.807, 2.05) is 5.32 Å². The summed E-state index contributed by atoms with van der Waals surface area (Å²) in [7, 11) is 0. The summed E-state index contributed by atoms with van der Waals surface area (Å²) in [5.41, 5.74) is 5.18. The van der Waals surface area contributed by atoms with Crippen LogP contribution in [0.5, 0.6) is 0 Å². The maximum absolute atomic E-state index is 13.0. The Morgan fingerprint density at radius 3 is 2.73 bits per heavy atom. The van der Waals surface area contributed by atoms with Crippen LogP contribution in [0, 0.1) is 5.82 Å². The van der Waals surface area contributed by atoms with Crippen molar-refractivity contribution in [1.82, 2.24) is 5.32 Å². The van der Waals surface area contributed by atoms with Gasteiger partial charge in [-0.1, -0.05) is 0 Å². The highest BCUT2D eigenvalue weighted by Crippen LogP contribution is 2.11.